The Hall–Kier alpha value is -2.52. The van der Waals surface area contributed by atoms with Crippen LogP contribution in [0.15, 0.2) is 18.3 Å². The van der Waals surface area contributed by atoms with Crippen LogP contribution in [0.25, 0.3) is 10.9 Å². The Kier molecular flexibility index (Phi) is 2.82. The number of benzene rings is 1. The van der Waals surface area contributed by atoms with Crippen LogP contribution in [0.4, 0.5) is 5.69 Å². The molecular formula is C13H12N4O2. The molecule has 96 valence electrons. The summed E-state index contributed by atoms with van der Waals surface area (Å²) in [6.07, 6.45) is 2.32. The highest BCUT2D eigenvalue weighted by Gasteiger charge is 2.15. The number of nitrogen functional groups attached to an aromatic ring is 1. The van der Waals surface area contributed by atoms with Crippen LogP contribution in [0, 0.1) is 11.3 Å². The minimum atomic E-state index is 0.393. The summed E-state index contributed by atoms with van der Waals surface area (Å²) in [4.78, 5) is 4.25. The Balaban J connectivity index is 2.27. The molecule has 6 nitrogen and oxygen atoms in total. The van der Waals surface area contributed by atoms with E-state index >= 15 is 0 Å². The Labute approximate surface area is 109 Å². The number of fused-ring (bicyclic) bond motifs is 2. The zero-order valence-corrected chi connectivity index (χ0v) is 10.1. The first-order chi connectivity index (χ1) is 9.33. The van der Waals surface area contributed by atoms with Gasteiger partial charge in [-0.3, -0.25) is 10.8 Å². The SMILES string of the molecule is N#Cc1cnc2cc3c(cc2c1NN)OCCCO3. The molecule has 0 fully saturated rings. The first-order valence-electron chi connectivity index (χ1n) is 5.92. The van der Waals surface area contributed by atoms with Gasteiger partial charge in [0.1, 0.15) is 6.07 Å². The Morgan fingerprint density at radius 1 is 1.26 bits per heavy atom. The molecule has 0 radical (unpaired) electrons. The predicted octanol–water partition coefficient (Wildman–Crippen LogP) is 1.55. The van der Waals surface area contributed by atoms with E-state index in [-0.39, 0.29) is 0 Å². The molecule has 0 aliphatic carbocycles. The van der Waals surface area contributed by atoms with E-state index in [0.29, 0.717) is 41.5 Å². The molecule has 0 bridgehead atoms. The van der Waals surface area contributed by atoms with Crippen molar-refractivity contribution in [2.75, 3.05) is 18.6 Å². The van der Waals surface area contributed by atoms with Gasteiger partial charge in [0.15, 0.2) is 11.5 Å². The van der Waals surface area contributed by atoms with Crippen LogP contribution >= 0.6 is 0 Å². The summed E-state index contributed by atoms with van der Waals surface area (Å²) in [7, 11) is 0. The Morgan fingerprint density at radius 2 is 2.00 bits per heavy atom. The van der Waals surface area contributed by atoms with Gasteiger partial charge >= 0.3 is 0 Å². The summed E-state index contributed by atoms with van der Waals surface area (Å²) in [5.41, 5.74) is 4.20. The smallest absolute Gasteiger partial charge is 0.163 e. The molecule has 2 aromatic rings. The predicted molar refractivity (Wildman–Crippen MR) is 69.9 cm³/mol. The maximum Gasteiger partial charge on any atom is 0.163 e. The molecule has 1 aromatic heterocycles. The van der Waals surface area contributed by atoms with Gasteiger partial charge in [0.25, 0.3) is 0 Å². The van der Waals surface area contributed by atoms with Crippen molar-refractivity contribution in [3.05, 3.63) is 23.9 Å². The van der Waals surface area contributed by atoms with E-state index in [1.165, 1.54) is 6.20 Å². The lowest BCUT2D eigenvalue weighted by atomic mass is 10.1. The second-order valence-corrected chi connectivity index (χ2v) is 4.17. The lowest BCUT2D eigenvalue weighted by molar-refractivity contribution is 0.297. The normalized spacial score (nSPS) is 13.7. The van der Waals surface area contributed by atoms with Crippen molar-refractivity contribution >= 4 is 16.6 Å². The Bertz CT molecular complexity index is 678. The molecule has 6 heteroatoms. The first kappa shape index (κ1) is 11.6. The molecule has 3 rings (SSSR count). The third-order valence-corrected chi connectivity index (χ3v) is 3.00. The highest BCUT2D eigenvalue weighted by atomic mass is 16.5. The molecule has 3 N–H and O–H groups in total. The highest BCUT2D eigenvalue weighted by molar-refractivity contribution is 5.95. The molecule has 0 saturated carbocycles. The lowest BCUT2D eigenvalue weighted by Gasteiger charge is -2.11. The van der Waals surface area contributed by atoms with Crippen LogP contribution in [0.2, 0.25) is 0 Å². The van der Waals surface area contributed by atoms with Crippen molar-refractivity contribution in [3.8, 4) is 17.6 Å². The fourth-order valence-electron chi connectivity index (χ4n) is 2.09. The minimum Gasteiger partial charge on any atom is -0.490 e. The van der Waals surface area contributed by atoms with E-state index in [1.807, 2.05) is 0 Å². The molecule has 1 aromatic carbocycles. The van der Waals surface area contributed by atoms with Crippen LogP contribution < -0.4 is 20.7 Å². The number of aromatic nitrogens is 1. The molecule has 19 heavy (non-hydrogen) atoms. The molecule has 1 aliphatic heterocycles. The summed E-state index contributed by atoms with van der Waals surface area (Å²) >= 11 is 0. The number of nitrogens with one attached hydrogen (secondary N) is 1. The van der Waals surface area contributed by atoms with Gasteiger partial charge in [-0.25, -0.2) is 0 Å². The van der Waals surface area contributed by atoms with E-state index in [2.05, 4.69) is 16.5 Å². The van der Waals surface area contributed by atoms with Gasteiger partial charge in [0.05, 0.1) is 30.0 Å². The highest BCUT2D eigenvalue weighted by Crippen LogP contribution is 2.36. The number of anilines is 1. The number of rotatable bonds is 1. The minimum absolute atomic E-state index is 0.393. The molecule has 0 saturated heterocycles. The molecular weight excluding hydrogens is 244 g/mol. The number of nitrogens with zero attached hydrogens (tertiary/aromatic N) is 2. The largest absolute Gasteiger partial charge is 0.490 e. The average Bonchev–Trinajstić information content (AvgIpc) is 2.68. The number of pyridine rings is 1. The first-order valence-corrected chi connectivity index (χ1v) is 5.92. The van der Waals surface area contributed by atoms with Gasteiger partial charge < -0.3 is 14.9 Å². The van der Waals surface area contributed by atoms with Crippen molar-refractivity contribution in [2.24, 2.45) is 5.84 Å². The second-order valence-electron chi connectivity index (χ2n) is 4.17. The maximum absolute atomic E-state index is 9.05. The van der Waals surface area contributed by atoms with Gasteiger partial charge in [-0.15, -0.1) is 0 Å². The second kappa shape index (κ2) is 4.63. The van der Waals surface area contributed by atoms with E-state index in [4.69, 9.17) is 20.6 Å². The van der Waals surface area contributed by atoms with E-state index in [0.717, 1.165) is 11.8 Å². The fraction of sp³-hybridized carbons (Fsp3) is 0.231. The fourth-order valence-corrected chi connectivity index (χ4v) is 2.09. The molecule has 0 amide bonds. The zero-order valence-electron chi connectivity index (χ0n) is 10.1. The van der Waals surface area contributed by atoms with Crippen molar-refractivity contribution in [1.29, 1.82) is 5.26 Å². The van der Waals surface area contributed by atoms with Crippen LogP contribution in [0.1, 0.15) is 12.0 Å². The number of hydrogen-bond donors (Lipinski definition) is 2. The molecule has 1 aliphatic rings. The number of hydrazine groups is 1. The quantitative estimate of drug-likeness (QED) is 0.594. The molecule has 0 unspecified atom stereocenters. The standard InChI is InChI=1S/C13H12N4O2/c14-6-8-7-16-10-5-12-11(18-2-1-3-19-12)4-9(10)13(8)17-15/h4-5,7H,1-3,15H2,(H,16,17). The summed E-state index contributed by atoms with van der Waals surface area (Å²) in [6, 6.07) is 5.66. The summed E-state index contributed by atoms with van der Waals surface area (Å²) in [5.74, 6) is 6.82. The monoisotopic (exact) mass is 256 g/mol. The topological polar surface area (TPSA) is 93.2 Å². The van der Waals surface area contributed by atoms with E-state index in [1.54, 1.807) is 12.1 Å². The summed E-state index contributed by atoms with van der Waals surface area (Å²) in [5, 5.41) is 9.79. The number of nitrogens with two attached hydrogens (primary N) is 1. The van der Waals surface area contributed by atoms with Gasteiger partial charge in [0, 0.05) is 24.1 Å². The average molecular weight is 256 g/mol. The van der Waals surface area contributed by atoms with Crippen molar-refractivity contribution in [1.82, 2.24) is 4.98 Å². The van der Waals surface area contributed by atoms with E-state index < -0.39 is 0 Å². The van der Waals surface area contributed by atoms with Gasteiger partial charge in [-0.2, -0.15) is 5.26 Å². The maximum atomic E-state index is 9.05. The number of hydrogen-bond acceptors (Lipinski definition) is 6. The van der Waals surface area contributed by atoms with Crippen LogP contribution in [0.3, 0.4) is 0 Å². The van der Waals surface area contributed by atoms with Crippen molar-refractivity contribution in [3.63, 3.8) is 0 Å². The van der Waals surface area contributed by atoms with Gasteiger partial charge in [0.2, 0.25) is 0 Å². The van der Waals surface area contributed by atoms with Crippen LogP contribution in [0.5, 0.6) is 11.5 Å². The lowest BCUT2D eigenvalue weighted by Crippen LogP contribution is -2.09. The van der Waals surface area contributed by atoms with Gasteiger partial charge in [-0.05, 0) is 6.07 Å². The molecule has 2 heterocycles. The molecule has 0 spiro atoms. The number of nitriles is 1. The Morgan fingerprint density at radius 3 is 2.68 bits per heavy atom. The van der Waals surface area contributed by atoms with Crippen LogP contribution in [-0.2, 0) is 0 Å². The summed E-state index contributed by atoms with van der Waals surface area (Å²) < 4.78 is 11.2. The van der Waals surface area contributed by atoms with Gasteiger partial charge in [-0.1, -0.05) is 0 Å². The van der Waals surface area contributed by atoms with Crippen LogP contribution in [-0.4, -0.2) is 18.2 Å². The third kappa shape index (κ3) is 1.90. The zero-order chi connectivity index (χ0) is 13.2. The number of ether oxygens (including phenoxy) is 2. The van der Waals surface area contributed by atoms with Crippen molar-refractivity contribution < 1.29 is 9.47 Å². The third-order valence-electron chi connectivity index (χ3n) is 3.00. The summed E-state index contributed by atoms with van der Waals surface area (Å²) in [6.45, 7) is 1.23. The van der Waals surface area contributed by atoms with Crippen molar-refractivity contribution in [2.45, 2.75) is 6.42 Å². The van der Waals surface area contributed by atoms with E-state index in [9.17, 15) is 0 Å². The molecule has 0 atom stereocenters.